The molecule has 0 saturated carbocycles. The van der Waals surface area contributed by atoms with Crippen LogP contribution >= 0.6 is 21.6 Å². The number of nitrogens with zero attached hydrogens (tertiary/aromatic N) is 1. The summed E-state index contributed by atoms with van der Waals surface area (Å²) in [7, 11) is 3.51. The summed E-state index contributed by atoms with van der Waals surface area (Å²) in [5.41, 5.74) is 5.35. The molecule has 0 aromatic carbocycles. The van der Waals surface area contributed by atoms with Gasteiger partial charge in [0, 0.05) is 29.6 Å². The molecule has 0 atom stereocenters. The molecule has 2 N–H and O–H groups in total. The van der Waals surface area contributed by atoms with Gasteiger partial charge in [0.05, 0.1) is 0 Å². The molecule has 0 unspecified atom stereocenters. The van der Waals surface area contributed by atoms with Crippen LogP contribution < -0.4 is 5.73 Å². The number of hydrogen-bond acceptors (Lipinski definition) is 4. The molecule has 0 aliphatic heterocycles. The Bertz CT molecular complexity index is 191. The van der Waals surface area contributed by atoms with E-state index in [-0.39, 0.29) is 0 Å². The molecular weight excluding hydrogens is 176 g/mol. The minimum absolute atomic E-state index is 0.739. The third-order valence-electron chi connectivity index (χ3n) is 1.01. The van der Waals surface area contributed by atoms with Crippen molar-refractivity contribution in [3.8, 4) is 0 Å². The lowest BCUT2D eigenvalue weighted by molar-refractivity contribution is 1.16. The quantitative estimate of drug-likeness (QED) is 0.574. The summed E-state index contributed by atoms with van der Waals surface area (Å²) in [5, 5.41) is 0. The topological polar surface area (TPSA) is 38.9 Å². The van der Waals surface area contributed by atoms with Crippen LogP contribution in [-0.4, -0.2) is 17.3 Å². The van der Waals surface area contributed by atoms with Gasteiger partial charge >= 0.3 is 0 Å². The molecule has 0 bridgehead atoms. The lowest BCUT2D eigenvalue weighted by Crippen LogP contribution is -1.99. The molecule has 0 fully saturated rings. The second-order valence-electron chi connectivity index (χ2n) is 1.88. The van der Waals surface area contributed by atoms with Crippen molar-refractivity contribution in [2.45, 2.75) is 4.90 Å². The van der Waals surface area contributed by atoms with E-state index in [1.165, 1.54) is 4.90 Å². The van der Waals surface area contributed by atoms with Crippen LogP contribution in [0.2, 0.25) is 0 Å². The van der Waals surface area contributed by atoms with Gasteiger partial charge in [-0.3, -0.25) is 4.98 Å². The van der Waals surface area contributed by atoms with Crippen LogP contribution in [0.1, 0.15) is 0 Å². The average Bonchev–Trinajstić information content (AvgIpc) is 2.07. The predicted octanol–water partition coefficient (Wildman–Crippen LogP) is 1.78. The number of aromatic nitrogens is 1. The second kappa shape index (κ2) is 5.46. The van der Waals surface area contributed by atoms with Gasteiger partial charge in [0.25, 0.3) is 0 Å². The van der Waals surface area contributed by atoms with Gasteiger partial charge in [0.1, 0.15) is 0 Å². The zero-order valence-corrected chi connectivity index (χ0v) is 7.70. The van der Waals surface area contributed by atoms with E-state index in [1.807, 2.05) is 12.1 Å². The van der Waals surface area contributed by atoms with Gasteiger partial charge in [-0.15, -0.1) is 0 Å². The Morgan fingerprint density at radius 2 is 2.09 bits per heavy atom. The first-order chi connectivity index (χ1) is 5.43. The maximum absolute atomic E-state index is 5.35. The van der Waals surface area contributed by atoms with Crippen molar-refractivity contribution in [2.24, 2.45) is 5.73 Å². The molecule has 2 nitrogen and oxygen atoms in total. The van der Waals surface area contributed by atoms with Crippen molar-refractivity contribution in [2.75, 3.05) is 12.3 Å². The van der Waals surface area contributed by atoms with Gasteiger partial charge in [-0.05, 0) is 12.1 Å². The molecule has 11 heavy (non-hydrogen) atoms. The molecular formula is C7H10N2S2. The average molecular weight is 186 g/mol. The molecule has 1 aromatic heterocycles. The Labute approximate surface area is 74.4 Å². The SMILES string of the molecule is NCCSSc1ccncc1. The molecule has 0 amide bonds. The maximum Gasteiger partial charge on any atom is 0.0279 e. The highest BCUT2D eigenvalue weighted by atomic mass is 33.1. The van der Waals surface area contributed by atoms with Crippen molar-refractivity contribution >= 4 is 21.6 Å². The summed E-state index contributed by atoms with van der Waals surface area (Å²) < 4.78 is 0. The molecule has 1 heterocycles. The monoisotopic (exact) mass is 186 g/mol. The smallest absolute Gasteiger partial charge is 0.0279 e. The van der Waals surface area contributed by atoms with Crippen molar-refractivity contribution < 1.29 is 0 Å². The van der Waals surface area contributed by atoms with E-state index in [0.29, 0.717) is 0 Å². The summed E-state index contributed by atoms with van der Waals surface area (Å²) in [4.78, 5) is 5.16. The molecule has 1 rings (SSSR count). The second-order valence-corrected chi connectivity index (χ2v) is 4.37. The highest BCUT2D eigenvalue weighted by Gasteiger charge is 1.90. The Morgan fingerprint density at radius 1 is 1.36 bits per heavy atom. The highest BCUT2D eigenvalue weighted by molar-refractivity contribution is 8.76. The normalized spacial score (nSPS) is 9.91. The molecule has 0 spiro atoms. The zero-order chi connectivity index (χ0) is 7.94. The lowest BCUT2D eigenvalue weighted by atomic mass is 10.5. The first-order valence-electron chi connectivity index (χ1n) is 3.33. The van der Waals surface area contributed by atoms with Crippen molar-refractivity contribution in [1.29, 1.82) is 0 Å². The number of rotatable bonds is 4. The third kappa shape index (κ3) is 3.65. The molecule has 1 aromatic rings. The van der Waals surface area contributed by atoms with Crippen LogP contribution in [0, 0.1) is 0 Å². The third-order valence-corrected chi connectivity index (χ3v) is 3.42. The van der Waals surface area contributed by atoms with Crippen molar-refractivity contribution in [3.05, 3.63) is 24.5 Å². The van der Waals surface area contributed by atoms with Crippen molar-refractivity contribution in [3.63, 3.8) is 0 Å². The molecule has 0 saturated heterocycles. The van der Waals surface area contributed by atoms with E-state index in [2.05, 4.69) is 4.98 Å². The van der Waals surface area contributed by atoms with E-state index in [1.54, 1.807) is 34.0 Å². The maximum atomic E-state index is 5.35. The van der Waals surface area contributed by atoms with Crippen LogP contribution in [0.25, 0.3) is 0 Å². The summed E-state index contributed by atoms with van der Waals surface area (Å²) in [5.74, 6) is 0.993. The molecule has 0 aliphatic rings. The summed E-state index contributed by atoms with van der Waals surface area (Å²) in [6.45, 7) is 0.739. The van der Waals surface area contributed by atoms with Crippen LogP contribution in [-0.2, 0) is 0 Å². The van der Waals surface area contributed by atoms with Gasteiger partial charge in [-0.2, -0.15) is 0 Å². The van der Waals surface area contributed by atoms with Crippen LogP contribution in [0.4, 0.5) is 0 Å². The minimum atomic E-state index is 0.739. The predicted molar refractivity (Wildman–Crippen MR) is 51.6 cm³/mol. The van der Waals surface area contributed by atoms with E-state index in [4.69, 9.17) is 5.73 Å². The number of nitrogens with two attached hydrogens (primary N) is 1. The largest absolute Gasteiger partial charge is 0.330 e. The van der Waals surface area contributed by atoms with Crippen LogP contribution in [0.3, 0.4) is 0 Å². The summed E-state index contributed by atoms with van der Waals surface area (Å²) in [6, 6.07) is 3.99. The van der Waals surface area contributed by atoms with E-state index in [0.717, 1.165) is 12.3 Å². The lowest BCUT2D eigenvalue weighted by Gasteiger charge is -1.96. The van der Waals surface area contributed by atoms with Crippen LogP contribution in [0.5, 0.6) is 0 Å². The Balaban J connectivity index is 2.28. The fourth-order valence-electron chi connectivity index (χ4n) is 0.552. The fraction of sp³-hybridized carbons (Fsp3) is 0.286. The Morgan fingerprint density at radius 3 is 2.73 bits per heavy atom. The first-order valence-corrected chi connectivity index (χ1v) is 5.65. The minimum Gasteiger partial charge on any atom is -0.330 e. The molecule has 60 valence electrons. The van der Waals surface area contributed by atoms with Gasteiger partial charge in [0.2, 0.25) is 0 Å². The Hall–Kier alpha value is -0.190. The number of hydrogen-bond donors (Lipinski definition) is 1. The first kappa shape index (κ1) is 8.90. The zero-order valence-electron chi connectivity index (χ0n) is 6.06. The van der Waals surface area contributed by atoms with Gasteiger partial charge < -0.3 is 5.73 Å². The van der Waals surface area contributed by atoms with Crippen LogP contribution in [0.15, 0.2) is 29.4 Å². The van der Waals surface area contributed by atoms with E-state index < -0.39 is 0 Å². The Kier molecular flexibility index (Phi) is 4.42. The fourth-order valence-corrected chi connectivity index (χ4v) is 2.38. The molecule has 4 heteroatoms. The molecule has 0 radical (unpaired) electrons. The standard InChI is InChI=1S/C7H10N2S2/c8-3-6-10-11-7-1-4-9-5-2-7/h1-2,4-5H,3,6,8H2. The molecule has 0 aliphatic carbocycles. The highest BCUT2D eigenvalue weighted by Crippen LogP contribution is 2.29. The summed E-state index contributed by atoms with van der Waals surface area (Å²) in [6.07, 6.45) is 3.59. The van der Waals surface area contributed by atoms with E-state index in [9.17, 15) is 0 Å². The van der Waals surface area contributed by atoms with Gasteiger partial charge in [0.15, 0.2) is 0 Å². The van der Waals surface area contributed by atoms with Gasteiger partial charge in [-0.25, -0.2) is 0 Å². The summed E-state index contributed by atoms with van der Waals surface area (Å²) >= 11 is 0. The van der Waals surface area contributed by atoms with E-state index >= 15 is 0 Å². The van der Waals surface area contributed by atoms with Gasteiger partial charge in [-0.1, -0.05) is 21.6 Å². The number of pyridine rings is 1. The van der Waals surface area contributed by atoms with Crippen molar-refractivity contribution in [1.82, 2.24) is 4.98 Å².